The second-order valence-corrected chi connectivity index (χ2v) is 4.88. The van der Waals surface area contributed by atoms with E-state index in [0.29, 0.717) is 0 Å². The molecule has 0 aromatic carbocycles. The van der Waals surface area contributed by atoms with Crippen LogP contribution in [0.25, 0.3) is 0 Å². The van der Waals surface area contributed by atoms with Crippen molar-refractivity contribution in [2.24, 2.45) is 0 Å². The Bertz CT molecular complexity index is 321. The van der Waals surface area contributed by atoms with Gasteiger partial charge in [0.25, 0.3) is 0 Å². The minimum absolute atomic E-state index is 0.925. The molecule has 0 aliphatic carbocycles. The second kappa shape index (κ2) is 8.06. The van der Waals surface area contributed by atoms with E-state index < -0.39 is 0 Å². The van der Waals surface area contributed by atoms with E-state index in [1.165, 1.54) is 12.0 Å². The van der Waals surface area contributed by atoms with Crippen molar-refractivity contribution in [3.8, 4) is 0 Å². The first-order valence-corrected chi connectivity index (χ1v) is 6.65. The molecule has 1 aromatic rings. The predicted molar refractivity (Wildman–Crippen MR) is 77.9 cm³/mol. The van der Waals surface area contributed by atoms with E-state index in [4.69, 9.17) is 0 Å². The first kappa shape index (κ1) is 14.9. The van der Waals surface area contributed by atoms with Gasteiger partial charge < -0.3 is 10.2 Å². The van der Waals surface area contributed by atoms with E-state index in [1.807, 2.05) is 19.3 Å². The Hall–Kier alpha value is -1.13. The van der Waals surface area contributed by atoms with Gasteiger partial charge in [-0.1, -0.05) is 13.0 Å². The molecular formula is C14H26N4. The molecule has 0 bridgehead atoms. The summed E-state index contributed by atoms with van der Waals surface area (Å²) in [6.07, 6.45) is 3.15. The molecular weight excluding hydrogens is 224 g/mol. The number of nitrogens with one attached hydrogen (secondary N) is 1. The summed E-state index contributed by atoms with van der Waals surface area (Å²) in [5.41, 5.74) is 1.28. The Labute approximate surface area is 111 Å². The zero-order valence-electron chi connectivity index (χ0n) is 12.1. The molecule has 0 aliphatic rings. The molecule has 1 rings (SSSR count). The minimum atomic E-state index is 0.925. The molecule has 1 heterocycles. The quantitative estimate of drug-likeness (QED) is 0.763. The van der Waals surface area contributed by atoms with Crippen molar-refractivity contribution in [1.29, 1.82) is 0 Å². The van der Waals surface area contributed by atoms with E-state index in [1.54, 1.807) is 0 Å². The van der Waals surface area contributed by atoms with Crippen molar-refractivity contribution >= 4 is 5.82 Å². The third kappa shape index (κ3) is 5.47. The molecule has 4 heteroatoms. The van der Waals surface area contributed by atoms with E-state index in [0.717, 1.165) is 32.0 Å². The molecule has 0 atom stereocenters. The Morgan fingerprint density at radius 3 is 2.44 bits per heavy atom. The highest BCUT2D eigenvalue weighted by molar-refractivity contribution is 5.34. The molecule has 0 amide bonds. The summed E-state index contributed by atoms with van der Waals surface area (Å²) in [6.45, 7) is 6.56. The lowest BCUT2D eigenvalue weighted by atomic mass is 10.2. The number of hydrogen-bond acceptors (Lipinski definition) is 4. The molecule has 0 unspecified atom stereocenters. The zero-order valence-corrected chi connectivity index (χ0v) is 12.1. The van der Waals surface area contributed by atoms with Crippen LogP contribution in [0.5, 0.6) is 0 Å². The highest BCUT2D eigenvalue weighted by atomic mass is 15.2. The van der Waals surface area contributed by atoms with Crippen LogP contribution < -0.4 is 5.32 Å². The number of nitrogens with zero attached hydrogens (tertiary/aromatic N) is 3. The average Bonchev–Trinajstić information content (AvgIpc) is 2.37. The van der Waals surface area contributed by atoms with Crippen molar-refractivity contribution in [2.75, 3.05) is 46.1 Å². The van der Waals surface area contributed by atoms with E-state index in [2.05, 4.69) is 47.2 Å². The number of likely N-dealkylation sites (N-methyl/N-ethyl adjacent to an activating group) is 1. The largest absolute Gasteiger partial charge is 0.373 e. The third-order valence-electron chi connectivity index (χ3n) is 2.89. The van der Waals surface area contributed by atoms with Crippen LogP contribution in [0.2, 0.25) is 0 Å². The zero-order chi connectivity index (χ0) is 13.4. The predicted octanol–water partition coefficient (Wildman–Crippen LogP) is 1.90. The first-order valence-electron chi connectivity index (χ1n) is 6.65. The van der Waals surface area contributed by atoms with Crippen LogP contribution in [0, 0.1) is 0 Å². The van der Waals surface area contributed by atoms with E-state index in [9.17, 15) is 0 Å². The molecule has 0 saturated heterocycles. The molecule has 4 nitrogen and oxygen atoms in total. The van der Waals surface area contributed by atoms with Crippen LogP contribution in [0.15, 0.2) is 18.3 Å². The molecule has 1 N–H and O–H groups in total. The van der Waals surface area contributed by atoms with Gasteiger partial charge in [-0.05, 0) is 38.7 Å². The Balaban J connectivity index is 2.52. The number of anilines is 1. The molecule has 0 spiro atoms. The van der Waals surface area contributed by atoms with Gasteiger partial charge in [-0.15, -0.1) is 0 Å². The average molecular weight is 250 g/mol. The molecule has 102 valence electrons. The second-order valence-electron chi connectivity index (χ2n) is 4.88. The molecule has 0 fully saturated rings. The van der Waals surface area contributed by atoms with Gasteiger partial charge in [0.2, 0.25) is 0 Å². The standard InChI is InChI=1S/C14H26N4/c1-5-8-18(10-9-17(3)4)12-13-6-7-14(15-2)16-11-13/h6-7,11H,5,8-10,12H2,1-4H3,(H,15,16). The summed E-state index contributed by atoms with van der Waals surface area (Å²) in [6, 6.07) is 4.18. The van der Waals surface area contributed by atoms with Gasteiger partial charge in [-0.2, -0.15) is 0 Å². The summed E-state index contributed by atoms with van der Waals surface area (Å²) in [5, 5.41) is 3.04. The van der Waals surface area contributed by atoms with Crippen molar-refractivity contribution < 1.29 is 0 Å². The van der Waals surface area contributed by atoms with Gasteiger partial charge in [0.15, 0.2) is 0 Å². The lowest BCUT2D eigenvalue weighted by Gasteiger charge is -2.23. The molecule has 0 radical (unpaired) electrons. The monoisotopic (exact) mass is 250 g/mol. The summed E-state index contributed by atoms with van der Waals surface area (Å²) < 4.78 is 0. The van der Waals surface area contributed by atoms with Gasteiger partial charge in [-0.3, -0.25) is 4.90 Å². The van der Waals surface area contributed by atoms with Gasteiger partial charge in [0.1, 0.15) is 5.82 Å². The third-order valence-corrected chi connectivity index (χ3v) is 2.89. The highest BCUT2D eigenvalue weighted by Crippen LogP contribution is 2.07. The molecule has 18 heavy (non-hydrogen) atoms. The van der Waals surface area contributed by atoms with Crippen LogP contribution in [-0.2, 0) is 6.54 Å². The van der Waals surface area contributed by atoms with Gasteiger partial charge in [0, 0.05) is 32.9 Å². The highest BCUT2D eigenvalue weighted by Gasteiger charge is 2.06. The smallest absolute Gasteiger partial charge is 0.125 e. The van der Waals surface area contributed by atoms with Crippen molar-refractivity contribution in [2.45, 2.75) is 19.9 Å². The van der Waals surface area contributed by atoms with Gasteiger partial charge in [-0.25, -0.2) is 4.98 Å². The van der Waals surface area contributed by atoms with Crippen LogP contribution in [0.3, 0.4) is 0 Å². The maximum Gasteiger partial charge on any atom is 0.125 e. The lowest BCUT2D eigenvalue weighted by Crippen LogP contribution is -2.32. The van der Waals surface area contributed by atoms with Gasteiger partial charge >= 0.3 is 0 Å². The SMILES string of the molecule is CCCN(CCN(C)C)Cc1ccc(NC)nc1. The minimum Gasteiger partial charge on any atom is -0.373 e. The van der Waals surface area contributed by atoms with Crippen molar-refractivity contribution in [1.82, 2.24) is 14.8 Å². The van der Waals surface area contributed by atoms with Gasteiger partial charge in [0.05, 0.1) is 0 Å². The molecule has 0 saturated carbocycles. The summed E-state index contributed by atoms with van der Waals surface area (Å²) in [7, 11) is 6.13. The van der Waals surface area contributed by atoms with Crippen molar-refractivity contribution in [3.63, 3.8) is 0 Å². The Morgan fingerprint density at radius 2 is 1.94 bits per heavy atom. The number of aromatic nitrogens is 1. The van der Waals surface area contributed by atoms with Crippen LogP contribution >= 0.6 is 0 Å². The fraction of sp³-hybridized carbons (Fsp3) is 0.643. The Kier molecular flexibility index (Phi) is 6.68. The summed E-state index contributed by atoms with van der Waals surface area (Å²) >= 11 is 0. The van der Waals surface area contributed by atoms with Crippen LogP contribution in [0.1, 0.15) is 18.9 Å². The lowest BCUT2D eigenvalue weighted by molar-refractivity contribution is 0.234. The summed E-state index contributed by atoms with van der Waals surface area (Å²) in [4.78, 5) is 9.07. The van der Waals surface area contributed by atoms with Crippen LogP contribution in [-0.4, -0.2) is 55.6 Å². The van der Waals surface area contributed by atoms with E-state index >= 15 is 0 Å². The van der Waals surface area contributed by atoms with Crippen LogP contribution in [0.4, 0.5) is 5.82 Å². The van der Waals surface area contributed by atoms with E-state index in [-0.39, 0.29) is 0 Å². The first-order chi connectivity index (χ1) is 8.65. The fourth-order valence-electron chi connectivity index (χ4n) is 1.85. The number of hydrogen-bond donors (Lipinski definition) is 1. The summed E-state index contributed by atoms with van der Waals surface area (Å²) in [5.74, 6) is 0.925. The fourth-order valence-corrected chi connectivity index (χ4v) is 1.85. The number of rotatable bonds is 8. The molecule has 1 aromatic heterocycles. The topological polar surface area (TPSA) is 31.4 Å². The number of pyridine rings is 1. The molecule has 0 aliphatic heterocycles. The van der Waals surface area contributed by atoms with Crippen molar-refractivity contribution in [3.05, 3.63) is 23.9 Å². The maximum atomic E-state index is 4.36. The normalized spacial score (nSPS) is 11.2. The maximum absolute atomic E-state index is 4.36. The Morgan fingerprint density at radius 1 is 1.17 bits per heavy atom.